The molecule has 8 N–H and O–H groups in total. The standard InChI is InChI=1S/C28H39N7O7/c1-16(2)23(34-24(37)19(29)12-18-13-30-15-31-18)26(39)33-21(14-36)25(38)32-20(11-17-7-4-3-5-8-17)27(40)35-10-6-9-22(35)28(41)42/h3-5,7-8,13,15-16,19-23,36H,6,9-12,14,29H2,1-2H3,(H,30,31)(H,32,38)(H,33,39)(H,34,37)(H,41,42)/t19-,20-,21-,22-,23-/m0/s1. The number of aromatic nitrogens is 2. The minimum Gasteiger partial charge on any atom is -0.480 e. The van der Waals surface area contributed by atoms with Crippen molar-refractivity contribution < 1.29 is 34.2 Å². The number of amides is 4. The highest BCUT2D eigenvalue weighted by Gasteiger charge is 2.38. The summed E-state index contributed by atoms with van der Waals surface area (Å²) in [6, 6.07) is 3.21. The van der Waals surface area contributed by atoms with Crippen LogP contribution in [0.1, 0.15) is 37.9 Å². The van der Waals surface area contributed by atoms with Crippen LogP contribution in [0.2, 0.25) is 0 Å². The van der Waals surface area contributed by atoms with Crippen LogP contribution in [0.15, 0.2) is 42.9 Å². The molecule has 0 radical (unpaired) electrons. The van der Waals surface area contributed by atoms with Gasteiger partial charge in [-0.15, -0.1) is 0 Å². The van der Waals surface area contributed by atoms with Gasteiger partial charge < -0.3 is 41.8 Å². The van der Waals surface area contributed by atoms with Crippen molar-refractivity contribution in [2.45, 2.75) is 69.7 Å². The number of likely N-dealkylation sites (tertiary alicyclic amines) is 1. The summed E-state index contributed by atoms with van der Waals surface area (Å²) in [5, 5.41) is 27.2. The van der Waals surface area contributed by atoms with Crippen molar-refractivity contribution in [3.05, 3.63) is 54.1 Å². The monoisotopic (exact) mass is 585 g/mol. The van der Waals surface area contributed by atoms with Crippen LogP contribution in [0.4, 0.5) is 0 Å². The number of nitrogens with two attached hydrogens (primary N) is 1. The molecule has 42 heavy (non-hydrogen) atoms. The normalized spacial score (nSPS) is 17.6. The minimum absolute atomic E-state index is 0.0684. The number of benzene rings is 1. The second-order valence-corrected chi connectivity index (χ2v) is 10.6. The molecule has 1 aromatic heterocycles. The van der Waals surface area contributed by atoms with Gasteiger partial charge in [0.05, 0.1) is 24.7 Å². The van der Waals surface area contributed by atoms with Crippen LogP contribution >= 0.6 is 0 Å². The summed E-state index contributed by atoms with van der Waals surface area (Å²) >= 11 is 0. The third kappa shape index (κ3) is 8.60. The molecule has 3 rings (SSSR count). The lowest BCUT2D eigenvalue weighted by atomic mass is 10.0. The largest absolute Gasteiger partial charge is 0.480 e. The number of imidazole rings is 1. The van der Waals surface area contributed by atoms with E-state index < -0.39 is 72.3 Å². The topological polar surface area (TPSA) is 220 Å². The first-order valence-corrected chi connectivity index (χ1v) is 13.8. The Morgan fingerprint density at radius 1 is 1.02 bits per heavy atom. The fraction of sp³-hybridized carbons (Fsp3) is 0.500. The van der Waals surface area contributed by atoms with E-state index in [1.807, 2.05) is 0 Å². The smallest absolute Gasteiger partial charge is 0.326 e. The molecule has 1 aliphatic rings. The second-order valence-electron chi connectivity index (χ2n) is 10.6. The summed E-state index contributed by atoms with van der Waals surface area (Å²) in [6.07, 6.45) is 4.08. The summed E-state index contributed by atoms with van der Waals surface area (Å²) in [6.45, 7) is 2.83. The third-order valence-corrected chi connectivity index (χ3v) is 7.10. The molecule has 1 saturated heterocycles. The van der Waals surface area contributed by atoms with E-state index in [1.54, 1.807) is 50.4 Å². The summed E-state index contributed by atoms with van der Waals surface area (Å²) < 4.78 is 0. The molecular weight excluding hydrogens is 546 g/mol. The van der Waals surface area contributed by atoms with Crippen molar-refractivity contribution in [3.8, 4) is 0 Å². The highest BCUT2D eigenvalue weighted by Crippen LogP contribution is 2.20. The van der Waals surface area contributed by atoms with Crippen molar-refractivity contribution in [1.29, 1.82) is 0 Å². The predicted octanol–water partition coefficient (Wildman–Crippen LogP) is -1.30. The average Bonchev–Trinajstić information content (AvgIpc) is 3.66. The number of nitrogens with one attached hydrogen (secondary N) is 4. The molecule has 0 aliphatic carbocycles. The minimum atomic E-state index is -1.45. The van der Waals surface area contributed by atoms with Gasteiger partial charge in [-0.3, -0.25) is 19.2 Å². The van der Waals surface area contributed by atoms with Crippen molar-refractivity contribution in [3.63, 3.8) is 0 Å². The highest BCUT2D eigenvalue weighted by molar-refractivity contribution is 5.95. The van der Waals surface area contributed by atoms with E-state index in [1.165, 1.54) is 11.2 Å². The Morgan fingerprint density at radius 3 is 2.31 bits per heavy atom. The Hall–Kier alpha value is -4.30. The maximum absolute atomic E-state index is 13.5. The number of hydrogen-bond acceptors (Lipinski definition) is 8. The Balaban J connectivity index is 1.70. The SMILES string of the molecule is CC(C)[C@H](NC(=O)[C@@H](N)Cc1c[nH]cn1)C(=O)N[C@@H](CO)C(=O)N[C@@H](Cc1ccccc1)C(=O)N1CCC[C@H]1C(=O)O. The van der Waals surface area contributed by atoms with Crippen LogP contribution in [-0.2, 0) is 36.8 Å². The Bertz CT molecular complexity index is 1220. The number of carbonyl (C=O) groups is 5. The molecule has 1 aliphatic heterocycles. The van der Waals surface area contributed by atoms with E-state index in [0.717, 1.165) is 5.56 Å². The molecule has 0 unspecified atom stereocenters. The van der Waals surface area contributed by atoms with Crippen LogP contribution in [0.3, 0.4) is 0 Å². The van der Waals surface area contributed by atoms with Crippen LogP contribution in [-0.4, -0.2) is 98.0 Å². The zero-order valence-corrected chi connectivity index (χ0v) is 23.7. The van der Waals surface area contributed by atoms with Crippen molar-refractivity contribution in [2.24, 2.45) is 11.7 Å². The quantitative estimate of drug-likeness (QED) is 0.140. The maximum atomic E-state index is 13.5. The van der Waals surface area contributed by atoms with Gasteiger partial charge in [-0.05, 0) is 24.3 Å². The molecule has 4 amide bonds. The Kier molecular flexibility index (Phi) is 11.6. The number of carbonyl (C=O) groups excluding carboxylic acids is 4. The molecule has 14 heteroatoms. The third-order valence-electron chi connectivity index (χ3n) is 7.10. The first kappa shape index (κ1) is 32.2. The van der Waals surface area contributed by atoms with E-state index >= 15 is 0 Å². The maximum Gasteiger partial charge on any atom is 0.326 e. The molecule has 0 bridgehead atoms. The fourth-order valence-electron chi connectivity index (χ4n) is 4.78. The number of aliphatic carboxylic acids is 1. The lowest BCUT2D eigenvalue weighted by molar-refractivity contribution is -0.149. The van der Waals surface area contributed by atoms with Gasteiger partial charge in [-0.2, -0.15) is 0 Å². The number of hydrogen-bond donors (Lipinski definition) is 7. The molecule has 0 spiro atoms. The molecule has 1 aromatic carbocycles. The molecular formula is C28H39N7O7. The number of carboxylic acids is 1. The average molecular weight is 586 g/mol. The van der Waals surface area contributed by atoms with Crippen LogP contribution in [0.25, 0.3) is 0 Å². The first-order chi connectivity index (χ1) is 20.0. The van der Waals surface area contributed by atoms with Crippen LogP contribution in [0, 0.1) is 5.92 Å². The number of H-pyrrole nitrogens is 1. The molecule has 0 saturated carbocycles. The number of nitrogens with zero attached hydrogens (tertiary/aromatic N) is 2. The van der Waals surface area contributed by atoms with Crippen molar-refractivity contribution in [2.75, 3.05) is 13.2 Å². The second kappa shape index (κ2) is 15.1. The zero-order chi connectivity index (χ0) is 30.8. The van der Waals surface area contributed by atoms with Crippen molar-refractivity contribution in [1.82, 2.24) is 30.8 Å². The lowest BCUT2D eigenvalue weighted by Gasteiger charge is -2.29. The zero-order valence-electron chi connectivity index (χ0n) is 23.7. The van der Waals surface area contributed by atoms with Gasteiger partial charge in [0.1, 0.15) is 24.2 Å². The molecule has 2 aromatic rings. The molecule has 14 nitrogen and oxygen atoms in total. The van der Waals surface area contributed by atoms with Gasteiger partial charge in [0, 0.05) is 25.6 Å². The summed E-state index contributed by atoms with van der Waals surface area (Å²) in [4.78, 5) is 72.3. The van der Waals surface area contributed by atoms with Gasteiger partial charge in [0.2, 0.25) is 23.6 Å². The van der Waals surface area contributed by atoms with Gasteiger partial charge in [-0.1, -0.05) is 44.2 Å². The summed E-state index contributed by atoms with van der Waals surface area (Å²) in [5.74, 6) is -4.25. The van der Waals surface area contributed by atoms with E-state index in [0.29, 0.717) is 18.5 Å². The van der Waals surface area contributed by atoms with E-state index in [9.17, 15) is 34.2 Å². The number of carboxylic acid groups (broad SMARTS) is 1. The number of aliphatic hydroxyl groups excluding tert-OH is 1. The summed E-state index contributed by atoms with van der Waals surface area (Å²) in [5.41, 5.74) is 7.28. The molecule has 5 atom stereocenters. The Morgan fingerprint density at radius 2 is 1.71 bits per heavy atom. The predicted molar refractivity (Wildman–Crippen MR) is 150 cm³/mol. The molecule has 1 fully saturated rings. The highest BCUT2D eigenvalue weighted by atomic mass is 16.4. The lowest BCUT2D eigenvalue weighted by Crippen LogP contribution is -2.60. The van der Waals surface area contributed by atoms with E-state index in [4.69, 9.17) is 5.73 Å². The van der Waals surface area contributed by atoms with Gasteiger partial charge in [0.15, 0.2) is 0 Å². The van der Waals surface area contributed by atoms with Crippen LogP contribution in [0.5, 0.6) is 0 Å². The van der Waals surface area contributed by atoms with E-state index in [-0.39, 0.29) is 19.4 Å². The summed E-state index contributed by atoms with van der Waals surface area (Å²) in [7, 11) is 0. The van der Waals surface area contributed by atoms with E-state index in [2.05, 4.69) is 25.9 Å². The van der Waals surface area contributed by atoms with Crippen LogP contribution < -0.4 is 21.7 Å². The van der Waals surface area contributed by atoms with Crippen molar-refractivity contribution >= 4 is 29.6 Å². The molecule has 2 heterocycles. The number of aromatic amines is 1. The first-order valence-electron chi connectivity index (χ1n) is 13.8. The number of rotatable bonds is 14. The molecule has 228 valence electrons. The number of aliphatic hydroxyl groups is 1. The van der Waals surface area contributed by atoms with Gasteiger partial charge in [-0.25, -0.2) is 9.78 Å². The Labute approximate surface area is 243 Å². The fourth-order valence-corrected chi connectivity index (χ4v) is 4.78. The van der Waals surface area contributed by atoms with Gasteiger partial charge in [0.25, 0.3) is 0 Å². The van der Waals surface area contributed by atoms with Gasteiger partial charge >= 0.3 is 5.97 Å².